The minimum Gasteiger partial charge on any atom is -0.490 e. The molecule has 0 aliphatic carbocycles. The van der Waals surface area contributed by atoms with Crippen LogP contribution in [0.25, 0.3) is 0 Å². The van der Waals surface area contributed by atoms with Crippen LogP contribution in [0.2, 0.25) is 0 Å². The van der Waals surface area contributed by atoms with Crippen molar-refractivity contribution < 1.29 is 19.0 Å². The van der Waals surface area contributed by atoms with Gasteiger partial charge in [0.15, 0.2) is 11.5 Å². The molecule has 0 radical (unpaired) electrons. The second-order valence-electron chi connectivity index (χ2n) is 4.26. The highest BCUT2D eigenvalue weighted by Gasteiger charge is 2.18. The molecule has 1 atom stereocenters. The summed E-state index contributed by atoms with van der Waals surface area (Å²) in [4.78, 5) is 11.2. The van der Waals surface area contributed by atoms with E-state index in [1.807, 2.05) is 18.2 Å². The van der Waals surface area contributed by atoms with Gasteiger partial charge in [0.2, 0.25) is 0 Å². The summed E-state index contributed by atoms with van der Waals surface area (Å²) in [5.74, 6) is 1.27. The number of hydrogen-bond acceptors (Lipinski definition) is 4. The largest absolute Gasteiger partial charge is 0.490 e. The molecule has 1 heterocycles. The number of alkyl halides is 1. The van der Waals surface area contributed by atoms with Crippen LogP contribution in [0.1, 0.15) is 18.9 Å². The van der Waals surface area contributed by atoms with Crippen LogP contribution in [0.4, 0.5) is 0 Å². The molecule has 0 spiro atoms. The molecule has 4 nitrogen and oxygen atoms in total. The highest BCUT2D eigenvalue weighted by atomic mass is 79.9. The molecule has 0 saturated heterocycles. The van der Waals surface area contributed by atoms with E-state index in [4.69, 9.17) is 14.2 Å². The van der Waals surface area contributed by atoms with Crippen molar-refractivity contribution in [1.29, 1.82) is 0 Å². The zero-order chi connectivity index (χ0) is 13.7. The van der Waals surface area contributed by atoms with Crippen LogP contribution in [0.5, 0.6) is 11.5 Å². The first-order valence-electron chi connectivity index (χ1n) is 6.40. The quantitative estimate of drug-likeness (QED) is 0.629. The lowest BCUT2D eigenvalue weighted by molar-refractivity contribution is -0.142. The van der Waals surface area contributed by atoms with E-state index < -0.39 is 0 Å². The van der Waals surface area contributed by atoms with Crippen LogP contribution in [0.15, 0.2) is 18.2 Å². The number of benzene rings is 1. The van der Waals surface area contributed by atoms with Crippen molar-refractivity contribution in [3.8, 4) is 11.5 Å². The van der Waals surface area contributed by atoms with E-state index in [-0.39, 0.29) is 10.8 Å². The highest BCUT2D eigenvalue weighted by molar-refractivity contribution is 9.10. The molecule has 0 fully saturated rings. The third-order valence-corrected chi connectivity index (χ3v) is 3.47. The van der Waals surface area contributed by atoms with E-state index in [1.165, 1.54) is 0 Å². The summed E-state index contributed by atoms with van der Waals surface area (Å²) in [5, 5.41) is 0. The number of hydrogen-bond donors (Lipinski definition) is 0. The smallest absolute Gasteiger partial charge is 0.320 e. The van der Waals surface area contributed by atoms with Gasteiger partial charge in [-0.1, -0.05) is 22.0 Å². The molecule has 1 aromatic rings. The first kappa shape index (κ1) is 14.2. The van der Waals surface area contributed by atoms with E-state index in [1.54, 1.807) is 6.92 Å². The third-order valence-electron chi connectivity index (χ3n) is 2.77. The van der Waals surface area contributed by atoms with E-state index >= 15 is 0 Å². The predicted molar refractivity (Wildman–Crippen MR) is 75.1 cm³/mol. The molecule has 19 heavy (non-hydrogen) atoms. The number of halogens is 1. The summed E-state index contributed by atoms with van der Waals surface area (Å²) >= 11 is 3.35. The maximum absolute atomic E-state index is 11.6. The monoisotopic (exact) mass is 328 g/mol. The summed E-state index contributed by atoms with van der Waals surface area (Å²) in [6, 6.07) is 5.76. The van der Waals surface area contributed by atoms with Crippen molar-refractivity contribution in [3.63, 3.8) is 0 Å². The predicted octanol–water partition coefficient (Wildman–Crippen LogP) is 2.72. The van der Waals surface area contributed by atoms with Gasteiger partial charge in [-0.15, -0.1) is 0 Å². The third kappa shape index (κ3) is 3.86. The molecule has 5 heteroatoms. The number of carbonyl (C=O) groups excluding carboxylic acids is 1. The zero-order valence-corrected chi connectivity index (χ0v) is 12.4. The molecule has 2 rings (SSSR count). The number of rotatable bonds is 4. The Morgan fingerprint density at radius 3 is 2.84 bits per heavy atom. The fourth-order valence-electron chi connectivity index (χ4n) is 1.86. The Morgan fingerprint density at radius 2 is 2.11 bits per heavy atom. The maximum Gasteiger partial charge on any atom is 0.320 e. The van der Waals surface area contributed by atoms with Crippen LogP contribution in [0.3, 0.4) is 0 Å². The Hall–Kier alpha value is -1.23. The van der Waals surface area contributed by atoms with Gasteiger partial charge >= 0.3 is 5.97 Å². The lowest BCUT2D eigenvalue weighted by atomic mass is 10.1. The maximum atomic E-state index is 11.6. The van der Waals surface area contributed by atoms with Crippen molar-refractivity contribution >= 4 is 21.9 Å². The van der Waals surface area contributed by atoms with Gasteiger partial charge in [-0.25, -0.2) is 0 Å². The molecule has 1 aromatic carbocycles. The standard InChI is InChI=1S/C14H17BrO4/c1-2-17-14(16)11(15)8-10-4-5-12-13(9-10)19-7-3-6-18-12/h4-5,9,11H,2-3,6-8H2,1H3. The van der Waals surface area contributed by atoms with Gasteiger partial charge in [0.1, 0.15) is 4.83 Å². The Balaban J connectivity index is 2.05. The van der Waals surface area contributed by atoms with Gasteiger partial charge in [0.25, 0.3) is 0 Å². The van der Waals surface area contributed by atoms with Gasteiger partial charge < -0.3 is 14.2 Å². The first-order chi connectivity index (χ1) is 9.20. The fourth-order valence-corrected chi connectivity index (χ4v) is 2.36. The average Bonchev–Trinajstić information content (AvgIpc) is 2.63. The van der Waals surface area contributed by atoms with Crippen molar-refractivity contribution in [2.75, 3.05) is 19.8 Å². The summed E-state index contributed by atoms with van der Waals surface area (Å²) in [7, 11) is 0. The van der Waals surface area contributed by atoms with Crippen LogP contribution >= 0.6 is 15.9 Å². The van der Waals surface area contributed by atoms with E-state index in [0.29, 0.717) is 26.2 Å². The number of carbonyl (C=O) groups is 1. The fraction of sp³-hybridized carbons (Fsp3) is 0.500. The molecule has 0 amide bonds. The number of fused-ring (bicyclic) bond motifs is 1. The van der Waals surface area contributed by atoms with Gasteiger partial charge in [-0.2, -0.15) is 0 Å². The second kappa shape index (κ2) is 6.80. The lowest BCUT2D eigenvalue weighted by Gasteiger charge is -2.12. The van der Waals surface area contributed by atoms with Crippen LogP contribution in [-0.4, -0.2) is 30.6 Å². The van der Waals surface area contributed by atoms with Crippen molar-refractivity contribution in [3.05, 3.63) is 23.8 Å². The Morgan fingerprint density at radius 1 is 1.37 bits per heavy atom. The minimum atomic E-state index is -0.336. The summed E-state index contributed by atoms with van der Waals surface area (Å²) in [5.41, 5.74) is 1.01. The molecule has 104 valence electrons. The zero-order valence-electron chi connectivity index (χ0n) is 10.9. The molecule has 0 bridgehead atoms. The van der Waals surface area contributed by atoms with Crippen LogP contribution < -0.4 is 9.47 Å². The summed E-state index contributed by atoms with van der Waals surface area (Å²) < 4.78 is 16.2. The lowest BCUT2D eigenvalue weighted by Crippen LogP contribution is -2.19. The molecule has 1 aliphatic rings. The van der Waals surface area contributed by atoms with E-state index in [0.717, 1.165) is 23.5 Å². The molecule has 0 saturated carbocycles. The summed E-state index contributed by atoms with van der Waals surface area (Å²) in [6.45, 7) is 3.52. The van der Waals surface area contributed by atoms with Gasteiger partial charge in [-0.05, 0) is 31.0 Å². The Labute approximate surface area is 121 Å². The molecule has 0 N–H and O–H groups in total. The van der Waals surface area contributed by atoms with Gasteiger partial charge in [0.05, 0.1) is 19.8 Å². The van der Waals surface area contributed by atoms with E-state index in [9.17, 15) is 4.79 Å². The van der Waals surface area contributed by atoms with Crippen LogP contribution in [-0.2, 0) is 16.0 Å². The van der Waals surface area contributed by atoms with Crippen molar-refractivity contribution in [2.24, 2.45) is 0 Å². The molecule has 1 aliphatic heterocycles. The molecular formula is C14H17BrO4. The number of ether oxygens (including phenoxy) is 3. The van der Waals surface area contributed by atoms with Crippen molar-refractivity contribution in [2.45, 2.75) is 24.6 Å². The first-order valence-corrected chi connectivity index (χ1v) is 7.31. The number of esters is 1. The molecule has 1 unspecified atom stereocenters. The molecule has 0 aromatic heterocycles. The minimum absolute atomic E-state index is 0.241. The van der Waals surface area contributed by atoms with Gasteiger partial charge in [-0.3, -0.25) is 4.79 Å². The average molecular weight is 329 g/mol. The Kier molecular flexibility index (Phi) is 5.07. The SMILES string of the molecule is CCOC(=O)C(Br)Cc1ccc2c(c1)OCCCO2. The normalized spacial score (nSPS) is 15.5. The van der Waals surface area contributed by atoms with Crippen LogP contribution in [0, 0.1) is 0 Å². The topological polar surface area (TPSA) is 44.8 Å². The highest BCUT2D eigenvalue weighted by Crippen LogP contribution is 2.31. The van der Waals surface area contributed by atoms with Crippen molar-refractivity contribution in [1.82, 2.24) is 0 Å². The van der Waals surface area contributed by atoms with E-state index in [2.05, 4.69) is 15.9 Å². The van der Waals surface area contributed by atoms with Gasteiger partial charge in [0, 0.05) is 6.42 Å². The Bertz CT molecular complexity index is 447. The molecular weight excluding hydrogens is 312 g/mol. The second-order valence-corrected chi connectivity index (χ2v) is 5.36. The summed E-state index contributed by atoms with van der Waals surface area (Å²) in [6.07, 6.45) is 1.45.